The van der Waals surface area contributed by atoms with E-state index in [0.29, 0.717) is 5.56 Å². The second-order valence-electron chi connectivity index (χ2n) is 6.89. The summed E-state index contributed by atoms with van der Waals surface area (Å²) in [6.07, 6.45) is -7.81. The molecule has 29 heavy (non-hydrogen) atoms. The van der Waals surface area contributed by atoms with Crippen molar-refractivity contribution in [1.29, 1.82) is 0 Å². The van der Waals surface area contributed by atoms with Gasteiger partial charge >= 0.3 is 12.1 Å². The summed E-state index contributed by atoms with van der Waals surface area (Å²) in [5, 5.41) is 0. The zero-order chi connectivity index (χ0) is 21.1. The van der Waals surface area contributed by atoms with Crippen LogP contribution in [0.5, 0.6) is 0 Å². The van der Waals surface area contributed by atoms with Gasteiger partial charge in [0.25, 0.3) is 0 Å². The summed E-state index contributed by atoms with van der Waals surface area (Å²) in [6.45, 7) is -0.732. The lowest BCUT2D eigenvalue weighted by Crippen LogP contribution is -2.44. The fourth-order valence-corrected chi connectivity index (χ4v) is 3.66. The molecule has 1 fully saturated rings. The van der Waals surface area contributed by atoms with E-state index in [9.17, 15) is 27.2 Å². The highest BCUT2D eigenvalue weighted by Crippen LogP contribution is 2.48. The number of hydrogen-bond acceptors (Lipinski definition) is 4. The van der Waals surface area contributed by atoms with Gasteiger partial charge in [-0.05, 0) is 17.2 Å². The first-order valence-electron chi connectivity index (χ1n) is 8.86. The molecule has 0 unspecified atom stereocenters. The van der Waals surface area contributed by atoms with Crippen molar-refractivity contribution in [2.45, 2.75) is 30.7 Å². The van der Waals surface area contributed by atoms with Crippen LogP contribution in [0.2, 0.25) is 0 Å². The standard InChI is InChI=1S/C21H18F4O4/c22-17-9-5-4-8-15(17)20(13-29-19(16(20)11-26)21(23,24)25)10-18(27)28-12-14-6-2-1-3-7-14/h1-9,11,16,19H,10,12-13H2/t16-,19+,20+/m1/s1. The fourth-order valence-electron chi connectivity index (χ4n) is 3.66. The van der Waals surface area contributed by atoms with E-state index in [2.05, 4.69) is 0 Å². The quantitative estimate of drug-likeness (QED) is 0.411. The molecular weight excluding hydrogens is 392 g/mol. The predicted octanol–water partition coefficient (Wildman–Crippen LogP) is 3.97. The molecule has 2 aromatic carbocycles. The SMILES string of the molecule is O=C[C@@H]1[C@@H](C(F)(F)F)OC[C@@]1(CC(=O)OCc1ccccc1)c1ccccc1F. The number of benzene rings is 2. The van der Waals surface area contributed by atoms with Crippen LogP contribution >= 0.6 is 0 Å². The summed E-state index contributed by atoms with van der Waals surface area (Å²) in [7, 11) is 0. The van der Waals surface area contributed by atoms with E-state index >= 15 is 0 Å². The molecule has 1 aliphatic rings. The predicted molar refractivity (Wildman–Crippen MR) is 94.3 cm³/mol. The van der Waals surface area contributed by atoms with E-state index in [0.717, 1.165) is 6.07 Å². The third-order valence-corrected chi connectivity index (χ3v) is 5.07. The lowest BCUT2D eigenvalue weighted by atomic mass is 9.68. The Kier molecular flexibility index (Phi) is 6.02. The fraction of sp³-hybridized carbons (Fsp3) is 0.333. The number of alkyl halides is 3. The monoisotopic (exact) mass is 410 g/mol. The van der Waals surface area contributed by atoms with Crippen molar-refractivity contribution < 1.29 is 36.6 Å². The van der Waals surface area contributed by atoms with Crippen molar-refractivity contribution >= 4 is 12.3 Å². The van der Waals surface area contributed by atoms with Crippen molar-refractivity contribution in [2.24, 2.45) is 5.92 Å². The van der Waals surface area contributed by atoms with E-state index in [-0.39, 0.29) is 18.5 Å². The van der Waals surface area contributed by atoms with Crippen LogP contribution in [-0.2, 0) is 31.1 Å². The minimum absolute atomic E-state index is 0.0854. The molecule has 0 radical (unpaired) electrons. The third-order valence-electron chi connectivity index (χ3n) is 5.07. The Morgan fingerprint density at radius 2 is 1.79 bits per heavy atom. The average Bonchev–Trinajstić information content (AvgIpc) is 3.07. The Morgan fingerprint density at radius 3 is 2.41 bits per heavy atom. The summed E-state index contributed by atoms with van der Waals surface area (Å²) in [4.78, 5) is 24.2. The minimum Gasteiger partial charge on any atom is -0.461 e. The Labute approximate surface area is 164 Å². The molecular formula is C21H18F4O4. The second kappa shape index (κ2) is 8.32. The van der Waals surface area contributed by atoms with Crippen LogP contribution in [0, 0.1) is 11.7 Å². The van der Waals surface area contributed by atoms with Crippen molar-refractivity contribution in [1.82, 2.24) is 0 Å². The molecule has 0 aliphatic carbocycles. The normalized spacial score (nSPS) is 24.3. The van der Waals surface area contributed by atoms with Crippen LogP contribution in [-0.4, -0.2) is 31.1 Å². The summed E-state index contributed by atoms with van der Waals surface area (Å²) in [5.41, 5.74) is -1.31. The van der Waals surface area contributed by atoms with Gasteiger partial charge in [-0.2, -0.15) is 13.2 Å². The Hall–Kier alpha value is -2.74. The Morgan fingerprint density at radius 1 is 1.14 bits per heavy atom. The second-order valence-corrected chi connectivity index (χ2v) is 6.89. The van der Waals surface area contributed by atoms with Gasteiger partial charge < -0.3 is 14.3 Å². The molecule has 154 valence electrons. The first-order chi connectivity index (χ1) is 13.8. The molecule has 3 atom stereocenters. The van der Waals surface area contributed by atoms with Gasteiger partial charge in [0, 0.05) is 5.41 Å². The molecule has 0 N–H and O–H groups in total. The highest BCUT2D eigenvalue weighted by molar-refractivity contribution is 5.74. The number of hydrogen-bond donors (Lipinski definition) is 0. The molecule has 0 saturated carbocycles. The van der Waals surface area contributed by atoms with Crippen molar-refractivity contribution in [3.63, 3.8) is 0 Å². The number of rotatable bonds is 6. The third kappa shape index (κ3) is 4.32. The summed E-state index contributed by atoms with van der Waals surface area (Å²) < 4.78 is 64.7. The summed E-state index contributed by atoms with van der Waals surface area (Å²) in [6, 6.07) is 13.8. The van der Waals surface area contributed by atoms with Crippen LogP contribution in [0.3, 0.4) is 0 Å². The lowest BCUT2D eigenvalue weighted by molar-refractivity contribution is -0.215. The molecule has 1 saturated heterocycles. The number of ether oxygens (including phenoxy) is 2. The maximum atomic E-state index is 14.5. The topological polar surface area (TPSA) is 52.6 Å². The molecule has 3 rings (SSSR count). The van der Waals surface area contributed by atoms with Gasteiger partial charge in [0.1, 0.15) is 18.7 Å². The van der Waals surface area contributed by atoms with E-state index in [1.54, 1.807) is 30.3 Å². The molecule has 8 heteroatoms. The molecule has 0 aromatic heterocycles. The van der Waals surface area contributed by atoms with Gasteiger partial charge in [0.2, 0.25) is 0 Å². The van der Waals surface area contributed by atoms with Crippen LogP contribution in [0.15, 0.2) is 54.6 Å². The van der Waals surface area contributed by atoms with E-state index in [1.165, 1.54) is 18.2 Å². The first-order valence-corrected chi connectivity index (χ1v) is 8.86. The molecule has 2 aromatic rings. The zero-order valence-electron chi connectivity index (χ0n) is 15.2. The molecule has 0 bridgehead atoms. The molecule has 0 spiro atoms. The minimum atomic E-state index is -4.84. The highest BCUT2D eigenvalue weighted by atomic mass is 19.4. The van der Waals surface area contributed by atoms with Gasteiger partial charge in [0.05, 0.1) is 18.9 Å². The smallest absolute Gasteiger partial charge is 0.415 e. The molecule has 4 nitrogen and oxygen atoms in total. The zero-order valence-corrected chi connectivity index (χ0v) is 15.2. The molecule has 0 amide bonds. The van der Waals surface area contributed by atoms with Gasteiger partial charge in [-0.25, -0.2) is 4.39 Å². The molecule has 1 heterocycles. The van der Waals surface area contributed by atoms with Gasteiger partial charge in [-0.1, -0.05) is 48.5 Å². The lowest BCUT2D eigenvalue weighted by Gasteiger charge is -2.32. The first kappa shape index (κ1) is 21.0. The average molecular weight is 410 g/mol. The van der Waals surface area contributed by atoms with Crippen LogP contribution in [0.1, 0.15) is 17.5 Å². The van der Waals surface area contributed by atoms with Gasteiger partial charge in [-0.3, -0.25) is 4.79 Å². The Bertz CT molecular complexity index is 868. The van der Waals surface area contributed by atoms with Crippen molar-refractivity contribution in [2.75, 3.05) is 6.61 Å². The maximum absolute atomic E-state index is 14.5. The largest absolute Gasteiger partial charge is 0.461 e. The highest BCUT2D eigenvalue weighted by Gasteiger charge is 2.61. The van der Waals surface area contributed by atoms with Crippen LogP contribution < -0.4 is 0 Å². The number of carbonyl (C=O) groups is 2. The molecule has 1 aliphatic heterocycles. The number of carbonyl (C=O) groups excluding carboxylic acids is 2. The van der Waals surface area contributed by atoms with Crippen LogP contribution in [0.4, 0.5) is 17.6 Å². The summed E-state index contributed by atoms with van der Waals surface area (Å²) >= 11 is 0. The summed E-state index contributed by atoms with van der Waals surface area (Å²) in [5.74, 6) is -3.46. The number of esters is 1. The van der Waals surface area contributed by atoms with Gasteiger partial charge in [-0.15, -0.1) is 0 Å². The van der Waals surface area contributed by atoms with Crippen LogP contribution in [0.25, 0.3) is 0 Å². The maximum Gasteiger partial charge on any atom is 0.415 e. The number of aldehydes is 1. The Balaban J connectivity index is 1.91. The van der Waals surface area contributed by atoms with Gasteiger partial charge in [0.15, 0.2) is 6.10 Å². The van der Waals surface area contributed by atoms with Crippen molar-refractivity contribution in [3.05, 3.63) is 71.5 Å². The van der Waals surface area contributed by atoms with E-state index in [4.69, 9.17) is 9.47 Å². The number of halogens is 4. The van der Waals surface area contributed by atoms with E-state index in [1.807, 2.05) is 0 Å². The van der Waals surface area contributed by atoms with Crippen molar-refractivity contribution in [3.8, 4) is 0 Å². The van der Waals surface area contributed by atoms with E-state index < -0.39 is 48.4 Å².